The lowest BCUT2D eigenvalue weighted by Gasteiger charge is -2.20. The second kappa shape index (κ2) is 5.84. The zero-order valence-corrected chi connectivity index (χ0v) is 10.5. The number of amides is 1. The second-order valence-corrected chi connectivity index (χ2v) is 4.76. The number of aryl methyl sites for hydroxylation is 1. The third kappa shape index (κ3) is 3.32. The van der Waals surface area contributed by atoms with Crippen LogP contribution in [0.25, 0.3) is 0 Å². The van der Waals surface area contributed by atoms with E-state index in [9.17, 15) is 4.79 Å². The van der Waals surface area contributed by atoms with Gasteiger partial charge in [0.1, 0.15) is 0 Å². The van der Waals surface area contributed by atoms with E-state index >= 15 is 0 Å². The lowest BCUT2D eigenvalue weighted by molar-refractivity contribution is -0.126. The Balaban J connectivity index is 1.78. The number of aromatic nitrogens is 2. The number of carbonyl (C=O) groups is 1. The zero-order valence-electron chi connectivity index (χ0n) is 10.5. The number of nitrogens with zero attached hydrogens (tertiary/aromatic N) is 2. The van der Waals surface area contributed by atoms with Crippen LogP contribution in [0.1, 0.15) is 44.6 Å². The molecule has 1 aromatic heterocycles. The van der Waals surface area contributed by atoms with E-state index in [0.29, 0.717) is 6.54 Å². The molecule has 1 saturated carbocycles. The molecule has 1 N–H and O–H groups in total. The van der Waals surface area contributed by atoms with Crippen molar-refractivity contribution in [3.05, 3.63) is 18.0 Å². The smallest absolute Gasteiger partial charge is 0.223 e. The maximum Gasteiger partial charge on any atom is 0.223 e. The molecule has 0 atom stereocenters. The lowest BCUT2D eigenvalue weighted by Crippen LogP contribution is -2.31. The molecule has 1 aliphatic rings. The molecule has 0 aliphatic heterocycles. The first-order chi connectivity index (χ1) is 8.29. The van der Waals surface area contributed by atoms with E-state index in [2.05, 4.69) is 17.3 Å². The Hall–Kier alpha value is -1.32. The van der Waals surface area contributed by atoms with Gasteiger partial charge in [0.05, 0.1) is 6.20 Å². The van der Waals surface area contributed by atoms with Gasteiger partial charge in [-0.2, -0.15) is 5.10 Å². The maximum atomic E-state index is 11.9. The van der Waals surface area contributed by atoms with E-state index in [0.717, 1.165) is 24.9 Å². The van der Waals surface area contributed by atoms with E-state index < -0.39 is 0 Å². The van der Waals surface area contributed by atoms with Crippen LogP contribution >= 0.6 is 0 Å². The zero-order chi connectivity index (χ0) is 12.1. The molecule has 2 rings (SSSR count). The Kier molecular flexibility index (Phi) is 4.18. The van der Waals surface area contributed by atoms with Crippen LogP contribution < -0.4 is 5.32 Å². The Morgan fingerprint density at radius 2 is 2.24 bits per heavy atom. The molecule has 0 spiro atoms. The van der Waals surface area contributed by atoms with Gasteiger partial charge in [-0.1, -0.05) is 19.3 Å². The first kappa shape index (κ1) is 12.1. The largest absolute Gasteiger partial charge is 0.352 e. The summed E-state index contributed by atoms with van der Waals surface area (Å²) in [7, 11) is 0. The van der Waals surface area contributed by atoms with Crippen molar-refractivity contribution in [3.8, 4) is 0 Å². The predicted octanol–water partition coefficient (Wildman–Crippen LogP) is 2.10. The van der Waals surface area contributed by atoms with Gasteiger partial charge in [0.2, 0.25) is 5.91 Å². The van der Waals surface area contributed by atoms with E-state index in [1.165, 1.54) is 19.3 Å². The minimum atomic E-state index is 0.217. The molecule has 0 saturated heterocycles. The molecule has 0 aromatic carbocycles. The van der Waals surface area contributed by atoms with Crippen molar-refractivity contribution in [2.24, 2.45) is 5.92 Å². The third-order valence-electron chi connectivity index (χ3n) is 3.45. The molecule has 1 aliphatic carbocycles. The van der Waals surface area contributed by atoms with Crippen molar-refractivity contribution in [2.75, 3.05) is 0 Å². The number of rotatable bonds is 4. The standard InChI is InChI=1S/C13H21N3O/c1-2-16-10-11(9-15-16)8-14-13(17)12-6-4-3-5-7-12/h9-10,12H,2-8H2,1H3,(H,14,17). The van der Waals surface area contributed by atoms with Gasteiger partial charge in [0, 0.05) is 30.8 Å². The minimum Gasteiger partial charge on any atom is -0.352 e. The minimum absolute atomic E-state index is 0.217. The molecule has 1 aromatic rings. The van der Waals surface area contributed by atoms with Gasteiger partial charge < -0.3 is 5.32 Å². The van der Waals surface area contributed by atoms with Crippen molar-refractivity contribution in [2.45, 2.75) is 52.1 Å². The molecule has 4 nitrogen and oxygen atoms in total. The van der Waals surface area contributed by atoms with Crippen molar-refractivity contribution in [1.82, 2.24) is 15.1 Å². The molecule has 17 heavy (non-hydrogen) atoms. The summed E-state index contributed by atoms with van der Waals surface area (Å²) in [5.74, 6) is 0.457. The van der Waals surface area contributed by atoms with Crippen LogP contribution in [0.4, 0.5) is 0 Å². The van der Waals surface area contributed by atoms with Crippen LogP contribution in [-0.4, -0.2) is 15.7 Å². The Labute approximate surface area is 102 Å². The number of hydrogen-bond acceptors (Lipinski definition) is 2. The second-order valence-electron chi connectivity index (χ2n) is 4.76. The average Bonchev–Trinajstić information content (AvgIpc) is 2.85. The fourth-order valence-corrected chi connectivity index (χ4v) is 2.37. The summed E-state index contributed by atoms with van der Waals surface area (Å²) in [4.78, 5) is 11.9. The van der Waals surface area contributed by atoms with Crippen molar-refractivity contribution >= 4 is 5.91 Å². The van der Waals surface area contributed by atoms with Gasteiger partial charge in [-0.05, 0) is 19.8 Å². The van der Waals surface area contributed by atoms with Crippen LogP contribution in [0.5, 0.6) is 0 Å². The van der Waals surface area contributed by atoms with Crippen LogP contribution in [0.3, 0.4) is 0 Å². The van der Waals surface area contributed by atoms with Crippen LogP contribution in [-0.2, 0) is 17.9 Å². The van der Waals surface area contributed by atoms with E-state index in [1.54, 1.807) is 0 Å². The van der Waals surface area contributed by atoms with Crippen LogP contribution in [0.15, 0.2) is 12.4 Å². The van der Waals surface area contributed by atoms with Gasteiger partial charge in [-0.3, -0.25) is 9.48 Å². The average molecular weight is 235 g/mol. The Morgan fingerprint density at radius 1 is 1.47 bits per heavy atom. The third-order valence-corrected chi connectivity index (χ3v) is 3.45. The molecular formula is C13H21N3O. The van der Waals surface area contributed by atoms with Gasteiger partial charge in [0.25, 0.3) is 0 Å². The normalized spacial score (nSPS) is 17.0. The van der Waals surface area contributed by atoms with Gasteiger partial charge >= 0.3 is 0 Å². The predicted molar refractivity (Wildman–Crippen MR) is 66.3 cm³/mol. The summed E-state index contributed by atoms with van der Waals surface area (Å²) in [6, 6.07) is 0. The monoisotopic (exact) mass is 235 g/mol. The summed E-state index contributed by atoms with van der Waals surface area (Å²) in [6.07, 6.45) is 9.61. The molecule has 94 valence electrons. The SMILES string of the molecule is CCn1cc(CNC(=O)C2CCCCC2)cn1. The molecular weight excluding hydrogens is 214 g/mol. The van der Waals surface area contributed by atoms with Crippen molar-refractivity contribution < 1.29 is 4.79 Å². The fraction of sp³-hybridized carbons (Fsp3) is 0.692. The lowest BCUT2D eigenvalue weighted by atomic mass is 9.89. The highest BCUT2D eigenvalue weighted by Gasteiger charge is 2.20. The summed E-state index contributed by atoms with van der Waals surface area (Å²) in [5.41, 5.74) is 1.08. The molecule has 4 heteroatoms. The molecule has 1 amide bonds. The van der Waals surface area contributed by atoms with E-state index in [1.807, 2.05) is 17.1 Å². The van der Waals surface area contributed by atoms with E-state index in [-0.39, 0.29) is 11.8 Å². The van der Waals surface area contributed by atoms with Crippen molar-refractivity contribution in [3.63, 3.8) is 0 Å². The summed E-state index contributed by atoms with van der Waals surface area (Å²) >= 11 is 0. The van der Waals surface area contributed by atoms with Crippen molar-refractivity contribution in [1.29, 1.82) is 0 Å². The molecule has 1 fully saturated rings. The van der Waals surface area contributed by atoms with Gasteiger partial charge in [-0.15, -0.1) is 0 Å². The number of carbonyl (C=O) groups excluding carboxylic acids is 1. The summed E-state index contributed by atoms with van der Waals surface area (Å²) in [6.45, 7) is 3.53. The number of nitrogens with one attached hydrogen (secondary N) is 1. The van der Waals surface area contributed by atoms with Crippen LogP contribution in [0.2, 0.25) is 0 Å². The topological polar surface area (TPSA) is 46.9 Å². The fourth-order valence-electron chi connectivity index (χ4n) is 2.37. The highest BCUT2D eigenvalue weighted by molar-refractivity contribution is 5.78. The van der Waals surface area contributed by atoms with Gasteiger partial charge in [0.15, 0.2) is 0 Å². The Bertz CT molecular complexity index is 366. The van der Waals surface area contributed by atoms with Gasteiger partial charge in [-0.25, -0.2) is 0 Å². The molecule has 0 unspecified atom stereocenters. The summed E-state index contributed by atoms with van der Waals surface area (Å²) in [5, 5.41) is 7.20. The molecule has 0 bridgehead atoms. The maximum absolute atomic E-state index is 11.9. The highest BCUT2D eigenvalue weighted by Crippen LogP contribution is 2.23. The highest BCUT2D eigenvalue weighted by atomic mass is 16.1. The quantitative estimate of drug-likeness (QED) is 0.868. The number of hydrogen-bond donors (Lipinski definition) is 1. The first-order valence-electron chi connectivity index (χ1n) is 6.58. The summed E-state index contributed by atoms with van der Waals surface area (Å²) < 4.78 is 1.88. The first-order valence-corrected chi connectivity index (χ1v) is 6.58. The molecule has 0 radical (unpaired) electrons. The van der Waals surface area contributed by atoms with Crippen LogP contribution in [0, 0.1) is 5.92 Å². The molecule has 1 heterocycles. The Morgan fingerprint density at radius 3 is 2.88 bits per heavy atom. The van der Waals surface area contributed by atoms with E-state index in [4.69, 9.17) is 0 Å².